The van der Waals surface area contributed by atoms with Crippen molar-refractivity contribution in [1.29, 1.82) is 0 Å². The highest BCUT2D eigenvalue weighted by atomic mass is 35.5. The van der Waals surface area contributed by atoms with Crippen LogP contribution in [0, 0.1) is 24.5 Å². The number of ether oxygens (including phenoxy) is 1. The third-order valence-corrected chi connectivity index (χ3v) is 10.8. The molecule has 1 atom stereocenters. The van der Waals surface area contributed by atoms with E-state index in [0.29, 0.717) is 47.4 Å². The highest BCUT2D eigenvalue weighted by Gasteiger charge is 2.31. The Morgan fingerprint density at radius 1 is 1.00 bits per heavy atom. The number of imide groups is 1. The van der Waals surface area contributed by atoms with Crippen molar-refractivity contribution in [2.45, 2.75) is 39.2 Å². The standard InChI is InChI=1S/C37H40ClF2N11O3/c1-21-18-50(13-12-49(21)19-23-6-9-48(10-7-23)30-5-4-24(14-28(30)39)51-11-8-31(52)43-37(51)53)36-29(40)15-25(16-42-36)54-33-27(38)17-41-35-32(33)44-34(45-35)26-20-47(3)46-22(26)2/h4-5,14-17,20-21,23H,6-13,18-19H2,1-3H3,(H,41,44,45)(H,43,52,53)/t21-/m0/s1. The molecular formula is C37H40ClF2N11O3. The summed E-state index contributed by atoms with van der Waals surface area (Å²) in [6.45, 7) is 8.61. The molecule has 0 bridgehead atoms. The van der Waals surface area contributed by atoms with E-state index < -0.39 is 11.8 Å². The van der Waals surface area contributed by atoms with Crippen molar-refractivity contribution in [2.24, 2.45) is 13.0 Å². The van der Waals surface area contributed by atoms with Crippen LogP contribution in [0.5, 0.6) is 11.5 Å². The minimum Gasteiger partial charge on any atom is -0.452 e. The molecule has 8 rings (SSSR count). The number of hydrogen-bond acceptors (Lipinski definition) is 10. The Labute approximate surface area is 315 Å². The number of nitrogens with one attached hydrogen (secondary N) is 2. The Morgan fingerprint density at radius 3 is 2.52 bits per heavy atom. The van der Waals surface area contributed by atoms with Crippen molar-refractivity contribution in [3.05, 3.63) is 65.2 Å². The normalized spacial score (nSPS) is 18.9. The number of carbonyl (C=O) groups excluding carboxylic acids is 2. The number of aromatic amines is 1. The number of halogens is 3. The minimum atomic E-state index is -0.533. The summed E-state index contributed by atoms with van der Waals surface area (Å²) in [5, 5.41) is 6.90. The van der Waals surface area contributed by atoms with Gasteiger partial charge in [-0.2, -0.15) is 5.10 Å². The maximum Gasteiger partial charge on any atom is 0.328 e. The molecule has 0 saturated carbocycles. The molecule has 7 heterocycles. The molecule has 0 unspecified atom stereocenters. The molecule has 0 radical (unpaired) electrons. The van der Waals surface area contributed by atoms with E-state index in [1.54, 1.807) is 16.8 Å². The number of benzene rings is 1. The van der Waals surface area contributed by atoms with E-state index in [1.165, 1.54) is 29.4 Å². The lowest BCUT2D eigenvalue weighted by molar-refractivity contribution is -0.120. The van der Waals surface area contributed by atoms with Crippen LogP contribution in [0.3, 0.4) is 0 Å². The average molecular weight is 760 g/mol. The number of hydrogen-bond donors (Lipinski definition) is 2. The first-order valence-electron chi connectivity index (χ1n) is 18.0. The Morgan fingerprint density at radius 2 is 1.81 bits per heavy atom. The van der Waals surface area contributed by atoms with Crippen LogP contribution in [0.15, 0.2) is 42.9 Å². The first kappa shape index (κ1) is 35.7. The Kier molecular flexibility index (Phi) is 9.56. The number of nitrogens with zero attached hydrogens (tertiary/aromatic N) is 9. The summed E-state index contributed by atoms with van der Waals surface area (Å²) in [6, 6.07) is 5.77. The van der Waals surface area contributed by atoms with Gasteiger partial charge in [-0.3, -0.25) is 24.6 Å². The molecule has 4 aromatic heterocycles. The molecule has 1 aromatic carbocycles. The number of urea groups is 1. The fourth-order valence-corrected chi connectivity index (χ4v) is 7.85. The van der Waals surface area contributed by atoms with Crippen molar-refractivity contribution in [1.82, 2.24) is 39.9 Å². The molecule has 14 nitrogen and oxygen atoms in total. The number of rotatable bonds is 8. The van der Waals surface area contributed by atoms with E-state index in [9.17, 15) is 9.59 Å². The highest BCUT2D eigenvalue weighted by Crippen LogP contribution is 2.37. The van der Waals surface area contributed by atoms with E-state index in [-0.39, 0.29) is 53.1 Å². The lowest BCUT2D eigenvalue weighted by Crippen LogP contribution is -2.54. The molecular weight excluding hydrogens is 720 g/mol. The SMILES string of the molecule is Cc1nn(C)cc1-c1nc2ncc(Cl)c(Oc3cnc(N4CCN(CC5CCN(c6ccc(N7CCC(=O)NC7=O)cc6F)CC5)[C@@H](C)C4)c(F)c3)c2[nH]1. The maximum atomic E-state index is 15.6. The Bertz CT molecular complexity index is 2240. The number of H-pyrrole nitrogens is 1. The number of imidazole rings is 1. The van der Waals surface area contributed by atoms with Gasteiger partial charge in [0.05, 0.1) is 29.3 Å². The van der Waals surface area contributed by atoms with Crippen molar-refractivity contribution in [3.8, 4) is 22.9 Å². The second kappa shape index (κ2) is 14.5. The number of pyridine rings is 2. The van der Waals surface area contributed by atoms with Gasteiger partial charge < -0.3 is 19.5 Å². The highest BCUT2D eigenvalue weighted by molar-refractivity contribution is 6.32. The van der Waals surface area contributed by atoms with E-state index in [2.05, 4.69) is 47.1 Å². The van der Waals surface area contributed by atoms with Gasteiger partial charge in [-0.05, 0) is 50.8 Å². The zero-order chi connectivity index (χ0) is 37.7. The molecule has 17 heteroatoms. The molecule has 0 aliphatic carbocycles. The van der Waals surface area contributed by atoms with Crippen LogP contribution in [0.1, 0.15) is 31.9 Å². The van der Waals surface area contributed by atoms with Crippen LogP contribution in [-0.2, 0) is 11.8 Å². The number of carbonyl (C=O) groups is 2. The van der Waals surface area contributed by atoms with Gasteiger partial charge in [-0.1, -0.05) is 11.6 Å². The van der Waals surface area contributed by atoms with Gasteiger partial charge in [-0.15, -0.1) is 0 Å². The summed E-state index contributed by atoms with van der Waals surface area (Å²) in [7, 11) is 1.83. The fraction of sp³-hybridized carbons (Fsp3) is 0.405. The number of piperidine rings is 1. The van der Waals surface area contributed by atoms with Crippen molar-refractivity contribution < 1.29 is 23.1 Å². The Hall–Kier alpha value is -5.35. The largest absolute Gasteiger partial charge is 0.452 e. The van der Waals surface area contributed by atoms with Crippen molar-refractivity contribution in [2.75, 3.05) is 60.5 Å². The van der Waals surface area contributed by atoms with Crippen LogP contribution in [0.25, 0.3) is 22.6 Å². The van der Waals surface area contributed by atoms with Crippen LogP contribution in [0.2, 0.25) is 5.02 Å². The smallest absolute Gasteiger partial charge is 0.328 e. The lowest BCUT2D eigenvalue weighted by Gasteiger charge is -2.43. The number of aromatic nitrogens is 6. The van der Waals surface area contributed by atoms with Gasteiger partial charge in [-0.25, -0.2) is 28.5 Å². The summed E-state index contributed by atoms with van der Waals surface area (Å²) in [5.74, 6) is 0.548. The Balaban J connectivity index is 0.861. The van der Waals surface area contributed by atoms with Crippen LogP contribution in [0.4, 0.5) is 30.8 Å². The second-order valence-electron chi connectivity index (χ2n) is 14.2. The summed E-state index contributed by atoms with van der Waals surface area (Å²) < 4.78 is 38.7. The third kappa shape index (κ3) is 7.02. The maximum absolute atomic E-state index is 15.6. The molecule has 3 aliphatic rings. The number of piperazine rings is 1. The fourth-order valence-electron chi connectivity index (χ4n) is 7.67. The average Bonchev–Trinajstić information content (AvgIpc) is 3.73. The van der Waals surface area contributed by atoms with E-state index in [1.807, 2.05) is 25.1 Å². The van der Waals surface area contributed by atoms with Gasteiger partial charge >= 0.3 is 6.03 Å². The molecule has 3 fully saturated rings. The van der Waals surface area contributed by atoms with Crippen LogP contribution >= 0.6 is 11.6 Å². The van der Waals surface area contributed by atoms with E-state index >= 15 is 8.78 Å². The summed E-state index contributed by atoms with van der Waals surface area (Å²) in [6.07, 6.45) is 6.82. The first-order valence-corrected chi connectivity index (χ1v) is 18.4. The van der Waals surface area contributed by atoms with Crippen molar-refractivity contribution >= 4 is 51.9 Å². The number of fused-ring (bicyclic) bond motifs is 1. The summed E-state index contributed by atoms with van der Waals surface area (Å²) in [4.78, 5) is 48.2. The quantitative estimate of drug-likeness (QED) is 0.204. The molecule has 3 aliphatic heterocycles. The first-order chi connectivity index (χ1) is 26.0. The predicted octanol–water partition coefficient (Wildman–Crippen LogP) is 5.66. The third-order valence-electron chi connectivity index (χ3n) is 10.5. The van der Waals surface area contributed by atoms with Crippen LogP contribution < -0.4 is 24.8 Å². The van der Waals surface area contributed by atoms with E-state index in [4.69, 9.17) is 16.3 Å². The monoisotopic (exact) mass is 759 g/mol. The molecule has 2 N–H and O–H groups in total. The van der Waals surface area contributed by atoms with Gasteiger partial charge in [0.15, 0.2) is 23.0 Å². The molecule has 0 spiro atoms. The number of amides is 3. The predicted molar refractivity (Wildman–Crippen MR) is 200 cm³/mol. The lowest BCUT2D eigenvalue weighted by atomic mass is 9.94. The van der Waals surface area contributed by atoms with Crippen LogP contribution in [-0.4, -0.2) is 98.4 Å². The summed E-state index contributed by atoms with van der Waals surface area (Å²) >= 11 is 6.50. The van der Waals surface area contributed by atoms with Gasteiger partial charge in [0.25, 0.3) is 0 Å². The van der Waals surface area contributed by atoms with Gasteiger partial charge in [0.1, 0.15) is 27.9 Å². The minimum absolute atomic E-state index is 0.170. The van der Waals surface area contributed by atoms with Gasteiger partial charge in [0, 0.05) is 83.3 Å². The van der Waals surface area contributed by atoms with Gasteiger partial charge in [0.2, 0.25) is 5.91 Å². The molecule has 3 saturated heterocycles. The zero-order valence-corrected chi connectivity index (χ0v) is 30.9. The second-order valence-corrected chi connectivity index (χ2v) is 14.6. The molecule has 54 heavy (non-hydrogen) atoms. The van der Waals surface area contributed by atoms with E-state index in [0.717, 1.165) is 50.3 Å². The number of anilines is 3. The summed E-state index contributed by atoms with van der Waals surface area (Å²) in [5.41, 5.74) is 3.45. The molecule has 3 amide bonds. The molecule has 282 valence electrons. The van der Waals surface area contributed by atoms with Crippen molar-refractivity contribution in [3.63, 3.8) is 0 Å². The topological polar surface area (TPSA) is 141 Å². The number of aryl methyl sites for hydroxylation is 2. The molecule has 5 aromatic rings. The zero-order valence-electron chi connectivity index (χ0n) is 30.2.